The summed E-state index contributed by atoms with van der Waals surface area (Å²) < 4.78 is 11.6. The highest BCUT2D eigenvalue weighted by molar-refractivity contribution is 6.32. The number of carbonyl (C=O) groups is 3. The standard InChI is InChI=1S/C36H43ClN2O5/c1-9-39-25-15-35(4,5)17-27(40)32(25)31(33-26(39)16-36(6,7)18-28(33)41)22-13-23(37)34(29(14-22)43-8)44-19-30(42)38-24-11-10-20(2)12-21(24)3/h10-14,31H,9,15-19H2,1-8H3,(H,38,42). The lowest BCUT2D eigenvalue weighted by atomic mass is 9.63. The molecule has 0 atom stereocenters. The lowest BCUT2D eigenvalue weighted by Crippen LogP contribution is -2.44. The Balaban J connectivity index is 1.54. The highest BCUT2D eigenvalue weighted by atomic mass is 35.5. The maximum Gasteiger partial charge on any atom is 0.262 e. The Morgan fingerprint density at radius 3 is 2.07 bits per heavy atom. The predicted octanol–water partition coefficient (Wildman–Crippen LogP) is 7.69. The van der Waals surface area contributed by atoms with Gasteiger partial charge in [-0.1, -0.05) is 57.0 Å². The molecule has 1 amide bonds. The first-order valence-corrected chi connectivity index (χ1v) is 15.7. The lowest BCUT2D eigenvalue weighted by Gasteiger charge is -2.49. The van der Waals surface area contributed by atoms with Crippen molar-refractivity contribution < 1.29 is 23.9 Å². The minimum atomic E-state index is -0.553. The van der Waals surface area contributed by atoms with Crippen LogP contribution in [0.15, 0.2) is 52.9 Å². The van der Waals surface area contributed by atoms with Crippen molar-refractivity contribution >= 4 is 34.8 Å². The predicted molar refractivity (Wildman–Crippen MR) is 173 cm³/mol. The summed E-state index contributed by atoms with van der Waals surface area (Å²) in [6.07, 6.45) is 2.30. The molecule has 5 rings (SSSR count). The van der Waals surface area contributed by atoms with Crippen LogP contribution in [0.5, 0.6) is 11.5 Å². The van der Waals surface area contributed by atoms with E-state index < -0.39 is 5.92 Å². The van der Waals surface area contributed by atoms with Crippen molar-refractivity contribution in [3.63, 3.8) is 0 Å². The SMILES string of the molecule is CCN1C2=C(C(=O)CC(C)(C)C2)C(c2cc(Cl)c(OCC(=O)Nc3ccc(C)cc3C)c(OC)c2)C2=C1CC(C)(C)CC2=O. The quantitative estimate of drug-likeness (QED) is 0.342. The highest BCUT2D eigenvalue weighted by Crippen LogP contribution is 2.55. The van der Waals surface area contributed by atoms with E-state index in [0.717, 1.165) is 35.4 Å². The maximum absolute atomic E-state index is 13.9. The summed E-state index contributed by atoms with van der Waals surface area (Å²) in [5, 5.41) is 3.13. The molecule has 0 fully saturated rings. The van der Waals surface area contributed by atoms with Gasteiger partial charge in [-0.2, -0.15) is 0 Å². The Bertz CT molecular complexity index is 1560. The molecule has 0 spiro atoms. The minimum absolute atomic E-state index is 0.0577. The van der Waals surface area contributed by atoms with Gasteiger partial charge >= 0.3 is 0 Å². The van der Waals surface area contributed by atoms with Crippen LogP contribution in [0.25, 0.3) is 0 Å². The number of benzene rings is 2. The monoisotopic (exact) mass is 618 g/mol. The van der Waals surface area contributed by atoms with Crippen LogP contribution in [0.2, 0.25) is 5.02 Å². The van der Waals surface area contributed by atoms with Gasteiger partial charge in [0.25, 0.3) is 5.91 Å². The van der Waals surface area contributed by atoms with Gasteiger partial charge < -0.3 is 19.7 Å². The molecule has 2 aliphatic carbocycles. The Hall–Kier alpha value is -3.58. The van der Waals surface area contributed by atoms with Crippen molar-refractivity contribution in [1.29, 1.82) is 0 Å². The van der Waals surface area contributed by atoms with Gasteiger partial charge in [0.15, 0.2) is 29.7 Å². The van der Waals surface area contributed by atoms with E-state index in [2.05, 4.69) is 44.8 Å². The molecule has 0 saturated carbocycles. The Morgan fingerprint density at radius 2 is 1.55 bits per heavy atom. The molecular formula is C36H43ClN2O5. The van der Waals surface area contributed by atoms with E-state index in [9.17, 15) is 14.4 Å². The van der Waals surface area contributed by atoms with E-state index >= 15 is 0 Å². The number of allylic oxidation sites excluding steroid dienone is 4. The molecular weight excluding hydrogens is 576 g/mol. The number of nitrogens with zero attached hydrogens (tertiary/aromatic N) is 1. The molecule has 1 aliphatic heterocycles. The highest BCUT2D eigenvalue weighted by Gasteiger charge is 2.48. The number of anilines is 1. The fourth-order valence-electron chi connectivity index (χ4n) is 7.09. The number of methoxy groups -OCH3 is 1. The molecule has 8 heteroatoms. The van der Waals surface area contributed by atoms with Crippen LogP contribution in [0, 0.1) is 24.7 Å². The molecule has 0 bridgehead atoms. The van der Waals surface area contributed by atoms with E-state index in [1.807, 2.05) is 32.0 Å². The Labute approximate surface area is 265 Å². The molecule has 0 saturated heterocycles. The van der Waals surface area contributed by atoms with E-state index in [4.69, 9.17) is 21.1 Å². The van der Waals surface area contributed by atoms with Gasteiger partial charge in [-0.15, -0.1) is 0 Å². The largest absolute Gasteiger partial charge is 0.493 e. The van der Waals surface area contributed by atoms with Crippen LogP contribution in [0.3, 0.4) is 0 Å². The van der Waals surface area contributed by atoms with Crippen LogP contribution in [0.4, 0.5) is 5.69 Å². The summed E-state index contributed by atoms with van der Waals surface area (Å²) in [5.74, 6) is -0.203. The summed E-state index contributed by atoms with van der Waals surface area (Å²) in [5.41, 5.74) is 6.46. The van der Waals surface area contributed by atoms with E-state index in [-0.39, 0.29) is 45.7 Å². The first-order valence-electron chi connectivity index (χ1n) is 15.3. The molecule has 1 heterocycles. The number of carbonyl (C=O) groups excluding carboxylic acids is 3. The number of hydrogen-bond acceptors (Lipinski definition) is 6. The Kier molecular flexibility index (Phi) is 8.49. The van der Waals surface area contributed by atoms with Crippen LogP contribution < -0.4 is 14.8 Å². The van der Waals surface area contributed by atoms with Crippen LogP contribution in [0.1, 0.15) is 82.9 Å². The summed E-state index contributed by atoms with van der Waals surface area (Å²) >= 11 is 6.84. The van der Waals surface area contributed by atoms with Crippen molar-refractivity contribution in [2.75, 3.05) is 25.6 Å². The zero-order chi connectivity index (χ0) is 32.1. The molecule has 0 unspecified atom stereocenters. The second-order valence-electron chi connectivity index (χ2n) is 14.0. The molecule has 44 heavy (non-hydrogen) atoms. The summed E-state index contributed by atoms with van der Waals surface area (Å²) in [4.78, 5) is 42.9. The third kappa shape index (κ3) is 6.03. The first kappa shape index (κ1) is 31.8. The number of aryl methyl sites for hydroxylation is 2. The number of ketones is 2. The summed E-state index contributed by atoms with van der Waals surface area (Å²) in [6.45, 7) is 14.9. The molecule has 2 aromatic carbocycles. The molecule has 2 aromatic rings. The topological polar surface area (TPSA) is 84.9 Å². The average Bonchev–Trinajstić information content (AvgIpc) is 2.91. The van der Waals surface area contributed by atoms with Gasteiger partial charge in [0, 0.05) is 53.5 Å². The van der Waals surface area contributed by atoms with Crippen LogP contribution >= 0.6 is 11.6 Å². The third-order valence-electron chi connectivity index (χ3n) is 8.93. The first-order chi connectivity index (χ1) is 20.6. The fraction of sp³-hybridized carbons (Fsp3) is 0.472. The zero-order valence-corrected chi connectivity index (χ0v) is 27.8. The molecule has 7 nitrogen and oxygen atoms in total. The lowest BCUT2D eigenvalue weighted by molar-refractivity contribution is -0.120. The smallest absolute Gasteiger partial charge is 0.262 e. The van der Waals surface area contributed by atoms with Gasteiger partial charge in [-0.05, 0) is 73.8 Å². The van der Waals surface area contributed by atoms with Crippen molar-refractivity contribution in [3.8, 4) is 11.5 Å². The normalized spacial score (nSPS) is 19.5. The molecule has 3 aliphatic rings. The number of ether oxygens (including phenoxy) is 2. The average molecular weight is 619 g/mol. The summed E-state index contributed by atoms with van der Waals surface area (Å²) in [6, 6.07) is 9.35. The van der Waals surface area contributed by atoms with E-state index in [0.29, 0.717) is 47.5 Å². The van der Waals surface area contributed by atoms with Gasteiger partial charge in [0.05, 0.1) is 12.1 Å². The number of Topliss-reactive ketones (excluding diaryl/α,β-unsaturated/α-hetero) is 2. The van der Waals surface area contributed by atoms with Crippen molar-refractivity contribution in [1.82, 2.24) is 4.90 Å². The number of rotatable bonds is 7. The third-order valence-corrected chi connectivity index (χ3v) is 9.21. The van der Waals surface area contributed by atoms with Crippen molar-refractivity contribution in [2.45, 2.75) is 80.1 Å². The van der Waals surface area contributed by atoms with Crippen molar-refractivity contribution in [2.24, 2.45) is 10.8 Å². The van der Waals surface area contributed by atoms with Gasteiger partial charge in [-0.3, -0.25) is 14.4 Å². The molecule has 0 aromatic heterocycles. The number of amides is 1. The summed E-state index contributed by atoms with van der Waals surface area (Å²) in [7, 11) is 1.51. The van der Waals surface area contributed by atoms with Gasteiger partial charge in [-0.25, -0.2) is 0 Å². The molecule has 234 valence electrons. The van der Waals surface area contributed by atoms with Crippen LogP contribution in [-0.4, -0.2) is 42.6 Å². The second kappa shape index (κ2) is 11.7. The Morgan fingerprint density at radius 1 is 0.955 bits per heavy atom. The van der Waals surface area contributed by atoms with Gasteiger partial charge in [0.2, 0.25) is 0 Å². The number of hydrogen-bond donors (Lipinski definition) is 1. The number of nitrogens with one attached hydrogen (secondary N) is 1. The molecule has 0 radical (unpaired) electrons. The maximum atomic E-state index is 13.9. The van der Waals surface area contributed by atoms with Crippen LogP contribution in [-0.2, 0) is 14.4 Å². The minimum Gasteiger partial charge on any atom is -0.493 e. The second-order valence-corrected chi connectivity index (χ2v) is 14.4. The van der Waals surface area contributed by atoms with E-state index in [1.165, 1.54) is 7.11 Å². The fourth-order valence-corrected chi connectivity index (χ4v) is 7.36. The zero-order valence-electron chi connectivity index (χ0n) is 27.1. The van der Waals surface area contributed by atoms with E-state index in [1.54, 1.807) is 12.1 Å². The molecule has 1 N–H and O–H groups in total. The van der Waals surface area contributed by atoms with Gasteiger partial charge in [0.1, 0.15) is 0 Å². The van der Waals surface area contributed by atoms with Crippen molar-refractivity contribution in [3.05, 3.63) is 74.6 Å². The number of halogens is 1.